The van der Waals surface area contributed by atoms with Crippen molar-refractivity contribution in [1.82, 2.24) is 0 Å². The van der Waals surface area contributed by atoms with Gasteiger partial charge in [-0.25, -0.2) is 0 Å². The van der Waals surface area contributed by atoms with Gasteiger partial charge in [-0.2, -0.15) is 0 Å². The van der Waals surface area contributed by atoms with Gasteiger partial charge >= 0.3 is 75.8 Å². The molecule has 5 heteroatoms. The van der Waals surface area contributed by atoms with Gasteiger partial charge in [0.15, 0.2) is 0 Å². The summed E-state index contributed by atoms with van der Waals surface area (Å²) < 4.78 is 1.82. The van der Waals surface area contributed by atoms with Crippen molar-refractivity contribution in [2.24, 2.45) is 4.99 Å². The van der Waals surface area contributed by atoms with Crippen molar-refractivity contribution >= 4 is 11.6 Å². The van der Waals surface area contributed by atoms with E-state index in [9.17, 15) is 0 Å². The van der Waals surface area contributed by atoms with E-state index in [1.165, 1.54) is 17.6 Å². The monoisotopic (exact) mass is 414 g/mol. The van der Waals surface area contributed by atoms with Crippen LogP contribution < -0.4 is 24.8 Å². The van der Waals surface area contributed by atoms with Gasteiger partial charge in [0.2, 0.25) is 0 Å². The quantitative estimate of drug-likeness (QED) is 0.481. The maximum absolute atomic E-state index is 4.27. The zero-order valence-electron chi connectivity index (χ0n) is 12.9. The van der Waals surface area contributed by atoms with Gasteiger partial charge in [-0.1, -0.05) is 12.2 Å². The van der Waals surface area contributed by atoms with Crippen molar-refractivity contribution in [2.45, 2.75) is 33.4 Å². The van der Waals surface area contributed by atoms with Gasteiger partial charge in [0.25, 0.3) is 0 Å². The van der Waals surface area contributed by atoms with E-state index in [2.05, 4.69) is 49.3 Å². The number of nitrogens with zero attached hydrogens (tertiary/aromatic N) is 1. The van der Waals surface area contributed by atoms with Gasteiger partial charge < -0.3 is 24.8 Å². The number of halogens is 2. The van der Waals surface area contributed by atoms with Gasteiger partial charge in [-0.05, 0) is 19.1 Å². The van der Waals surface area contributed by atoms with Crippen LogP contribution in [0.15, 0.2) is 61.6 Å². The molecule has 1 radical (unpaired) electrons. The number of allylic oxidation sites excluding steroid dienone is 8. The predicted octanol–water partition coefficient (Wildman–Crippen LogP) is -1.60. The first-order chi connectivity index (χ1) is 9.04. The molecule has 0 amide bonds. The molecular weight excluding hydrogens is 396 g/mol. The van der Waals surface area contributed by atoms with Crippen LogP contribution in [0.1, 0.15) is 20.3 Å². The average molecular weight is 417 g/mol. The Labute approximate surface area is 153 Å². The Morgan fingerprint density at radius 3 is 2.38 bits per heavy atom. The Balaban J connectivity index is 0.000000348. The van der Waals surface area contributed by atoms with Crippen LogP contribution in [0.5, 0.6) is 0 Å². The molecule has 21 heavy (non-hydrogen) atoms. The minimum absolute atomic E-state index is 0. The van der Waals surface area contributed by atoms with Gasteiger partial charge in [0.05, 0.1) is 5.70 Å². The maximum atomic E-state index is 4.27. The van der Waals surface area contributed by atoms with Crippen LogP contribution >= 0.6 is 0 Å². The van der Waals surface area contributed by atoms with Crippen LogP contribution in [0, 0.1) is 0 Å². The van der Waals surface area contributed by atoms with Crippen molar-refractivity contribution in [2.75, 3.05) is 0 Å². The smallest absolute Gasteiger partial charge is 0.0705 e. The molecule has 0 fully saturated rings. The molecule has 0 bridgehead atoms. The third-order valence-corrected chi connectivity index (χ3v) is 10.7. The average Bonchev–Trinajstić information content (AvgIpc) is 2.95. The Kier molecular flexibility index (Phi) is 9.97. The summed E-state index contributed by atoms with van der Waals surface area (Å²) in [6.45, 7) is 9.13. The van der Waals surface area contributed by atoms with Crippen LogP contribution in [0.4, 0.5) is 0 Å². The Hall–Kier alpha value is 0.0500. The van der Waals surface area contributed by atoms with Crippen LogP contribution in [0.25, 0.3) is 0 Å². The van der Waals surface area contributed by atoms with Gasteiger partial charge in [0.1, 0.15) is 0 Å². The fourth-order valence-electron chi connectivity index (χ4n) is 2.17. The van der Waals surface area contributed by atoms with E-state index in [1.54, 1.807) is 0 Å². The van der Waals surface area contributed by atoms with Gasteiger partial charge in [0, 0.05) is 11.3 Å². The van der Waals surface area contributed by atoms with E-state index in [1.807, 2.05) is 22.4 Å². The zero-order chi connectivity index (χ0) is 13.8. The summed E-state index contributed by atoms with van der Waals surface area (Å²) in [6, 6.07) is 0. The first-order valence-corrected chi connectivity index (χ1v) is 14.1. The Morgan fingerprint density at radius 2 is 1.86 bits per heavy atom. The van der Waals surface area contributed by atoms with Crippen molar-refractivity contribution < 1.29 is 47.2 Å². The molecule has 0 aromatic carbocycles. The maximum Gasteiger partial charge on any atom is 0.0705 e. The second-order valence-corrected chi connectivity index (χ2v) is 18.3. The van der Waals surface area contributed by atoms with Crippen LogP contribution in [0.2, 0.25) is 13.1 Å². The summed E-state index contributed by atoms with van der Waals surface area (Å²) in [5.41, 5.74) is 4.99. The molecule has 3 rings (SSSR count). The van der Waals surface area contributed by atoms with Crippen molar-refractivity contribution in [3.63, 3.8) is 0 Å². The number of fused-ring (bicyclic) bond motifs is 1. The first kappa shape index (κ1) is 21.0. The first-order valence-electron chi connectivity index (χ1n) is 6.65. The van der Waals surface area contributed by atoms with E-state index in [4.69, 9.17) is 0 Å². The van der Waals surface area contributed by atoms with Crippen LogP contribution in [-0.2, 0) is 22.4 Å². The standard InChI is InChI=1S/C8H7N.C6H7.C2H6Si.2ClH.Zr/c1-6-5-7-3-2-4-8(7)9-6;1-6-4-2-3-5-6;1-3-2;;;/h2-5H,1H3;4-5H,2H2,1H3;1-2H3;2*1H;/q;;;;;+2/p-2. The van der Waals surface area contributed by atoms with Gasteiger partial charge in [-0.15, -0.1) is 0 Å². The molecule has 1 aliphatic heterocycles. The fourth-order valence-corrected chi connectivity index (χ4v) is 9.82. The molecule has 1 nitrogen and oxygen atoms in total. The Bertz CT molecular complexity index is 555. The third-order valence-electron chi connectivity index (χ3n) is 2.94. The van der Waals surface area contributed by atoms with E-state index in [0.29, 0.717) is 0 Å². The van der Waals surface area contributed by atoms with Crippen molar-refractivity contribution in [3.05, 3.63) is 56.6 Å². The number of rotatable bonds is 2. The molecule has 0 aromatic heterocycles. The van der Waals surface area contributed by atoms with Crippen LogP contribution in [0.3, 0.4) is 0 Å². The predicted molar refractivity (Wildman–Crippen MR) is 82.4 cm³/mol. The molecule has 2 aliphatic carbocycles. The Morgan fingerprint density at radius 1 is 1.14 bits per heavy atom. The SMILES string of the molecule is CC1=CC[C]([Zr+2][Si](C)C)=C1.CC1=NC2=CC=CC2=C1.[Cl-].[Cl-]. The molecule has 1 heterocycles. The minimum Gasteiger partial charge on any atom is -1.00 e. The summed E-state index contributed by atoms with van der Waals surface area (Å²) in [7, 11) is 0. The third kappa shape index (κ3) is 6.78. The van der Waals surface area contributed by atoms with Crippen molar-refractivity contribution in [3.8, 4) is 0 Å². The zero-order valence-corrected chi connectivity index (χ0v) is 17.8. The summed E-state index contributed by atoms with van der Waals surface area (Å²) in [5.74, 6) is 0.128. The number of aliphatic imine (C=N–C) groups is 1. The summed E-state index contributed by atoms with van der Waals surface area (Å²) >= 11 is -0.0609. The molecule has 0 atom stereocenters. The molecule has 0 spiro atoms. The normalized spacial score (nSPS) is 17.1. The number of hydrogen-bond donors (Lipinski definition) is 0. The second-order valence-electron chi connectivity index (χ2n) is 5.21. The van der Waals surface area contributed by atoms with E-state index < -0.39 is 0 Å². The van der Waals surface area contributed by atoms with E-state index in [0.717, 1.165) is 11.4 Å². The molecule has 0 saturated heterocycles. The topological polar surface area (TPSA) is 12.4 Å². The molecule has 0 unspecified atom stereocenters. The van der Waals surface area contributed by atoms with Crippen LogP contribution in [-0.4, -0.2) is 11.6 Å². The molecule has 111 valence electrons. The fraction of sp³-hybridized carbons (Fsp3) is 0.312. The van der Waals surface area contributed by atoms with E-state index in [-0.39, 0.29) is 53.1 Å². The summed E-state index contributed by atoms with van der Waals surface area (Å²) in [4.78, 5) is 4.27. The largest absolute Gasteiger partial charge is 1.00 e. The molecule has 0 aromatic rings. The summed E-state index contributed by atoms with van der Waals surface area (Å²) in [5, 5.41) is 0. The molecular formula is C16H20Cl2NSiZr. The van der Waals surface area contributed by atoms with Gasteiger partial charge in [-0.3, -0.25) is 4.99 Å². The van der Waals surface area contributed by atoms with Crippen molar-refractivity contribution in [1.29, 1.82) is 0 Å². The molecule has 3 aliphatic rings. The molecule has 0 saturated carbocycles. The molecule has 0 N–H and O–H groups in total. The minimum atomic E-state index is -0.0609. The summed E-state index contributed by atoms with van der Waals surface area (Å²) in [6.07, 6.45) is 14.3. The van der Waals surface area contributed by atoms with E-state index >= 15 is 0 Å². The second kappa shape index (κ2) is 9.94. The number of hydrogen-bond acceptors (Lipinski definition) is 1.